The number of carboxylic acids is 1. The number of hydrogen-bond acceptors (Lipinski definition) is 4. The molecule has 0 bridgehead atoms. The first-order valence-electron chi connectivity index (χ1n) is 8.82. The Labute approximate surface area is 165 Å². The molecule has 0 heterocycles. The van der Waals surface area contributed by atoms with Crippen LogP contribution in [0.4, 0.5) is 0 Å². The van der Waals surface area contributed by atoms with E-state index >= 15 is 0 Å². The lowest BCUT2D eigenvalue weighted by molar-refractivity contribution is -0.134. The fourth-order valence-corrected chi connectivity index (χ4v) is 4.32. The number of para-hydroxylation sites is 2. The van der Waals surface area contributed by atoms with Crippen LogP contribution in [0.2, 0.25) is 0 Å². The fraction of sp³-hybridized carbons (Fsp3) is 0.136. The summed E-state index contributed by atoms with van der Waals surface area (Å²) in [4.78, 5) is 9.00. The number of rotatable bonds is 6. The Hall–Kier alpha value is -3.04. The van der Waals surface area contributed by atoms with Crippen LogP contribution in [0, 0.1) is 0 Å². The highest BCUT2D eigenvalue weighted by molar-refractivity contribution is 7.63. The Kier molecular flexibility index (Phi) is 7.85. The van der Waals surface area contributed by atoms with Gasteiger partial charge in [-0.2, -0.15) is 0 Å². The van der Waals surface area contributed by atoms with Gasteiger partial charge < -0.3 is 14.2 Å². The van der Waals surface area contributed by atoms with Crippen molar-refractivity contribution in [1.29, 1.82) is 0 Å². The maximum atomic E-state index is 13.7. The molecule has 0 spiro atoms. The van der Waals surface area contributed by atoms with Crippen LogP contribution in [0.1, 0.15) is 19.4 Å². The predicted molar refractivity (Wildman–Crippen MR) is 111 cm³/mol. The Morgan fingerprint density at radius 3 is 1.64 bits per heavy atom. The molecule has 0 saturated carbocycles. The molecule has 0 aromatic heterocycles. The third-order valence-electron chi connectivity index (χ3n) is 3.61. The second-order valence-electron chi connectivity index (χ2n) is 5.81. The Morgan fingerprint density at radius 2 is 1.21 bits per heavy atom. The maximum absolute atomic E-state index is 13.7. The van der Waals surface area contributed by atoms with E-state index in [1.807, 2.05) is 67.6 Å². The first kappa shape index (κ1) is 21.3. The molecule has 0 amide bonds. The number of aliphatic carboxylic acids is 1. The molecule has 28 heavy (non-hydrogen) atoms. The molecular weight excluding hydrogens is 375 g/mol. The van der Waals surface area contributed by atoms with Crippen molar-refractivity contribution in [3.8, 4) is 11.5 Å². The summed E-state index contributed by atoms with van der Waals surface area (Å²) in [5.74, 6) is 0.199. The standard InChI is InChI=1S/C20H19O3P.C2H4O2/c1-2-17-11-9-10-16-20(17)24(21,22-18-12-5-3-6-13-18)23-19-14-7-4-8-15-19;1-2(3)4/h3-16H,2H2,1H3;1H3,(H,3,4). The second-order valence-corrected chi connectivity index (χ2v) is 7.65. The van der Waals surface area contributed by atoms with Crippen LogP contribution >= 0.6 is 7.60 Å². The van der Waals surface area contributed by atoms with Gasteiger partial charge in [0.2, 0.25) is 0 Å². The van der Waals surface area contributed by atoms with E-state index in [1.165, 1.54) is 0 Å². The van der Waals surface area contributed by atoms with Gasteiger partial charge >= 0.3 is 7.60 Å². The number of carbonyl (C=O) groups is 1. The van der Waals surface area contributed by atoms with Gasteiger partial charge in [-0.25, -0.2) is 4.57 Å². The van der Waals surface area contributed by atoms with E-state index in [0.717, 1.165) is 18.9 Å². The molecule has 0 aliphatic rings. The topological polar surface area (TPSA) is 72.8 Å². The number of aryl methyl sites for hydroxylation is 1. The lowest BCUT2D eigenvalue weighted by Gasteiger charge is -2.22. The number of hydrogen-bond donors (Lipinski definition) is 1. The molecule has 1 N–H and O–H groups in total. The number of carboxylic acid groups (broad SMARTS) is 1. The summed E-state index contributed by atoms with van der Waals surface area (Å²) in [5.41, 5.74) is 0.952. The monoisotopic (exact) mass is 398 g/mol. The first-order valence-corrected chi connectivity index (χ1v) is 10.4. The quantitative estimate of drug-likeness (QED) is 0.569. The Morgan fingerprint density at radius 1 is 0.821 bits per heavy atom. The molecular formula is C22H23O5P. The lowest BCUT2D eigenvalue weighted by Crippen LogP contribution is -2.18. The smallest absolute Gasteiger partial charge is 0.463 e. The second kappa shape index (κ2) is 10.3. The summed E-state index contributed by atoms with van der Waals surface area (Å²) in [6, 6.07) is 25.8. The summed E-state index contributed by atoms with van der Waals surface area (Å²) >= 11 is 0. The van der Waals surface area contributed by atoms with Crippen LogP contribution < -0.4 is 14.4 Å². The average Bonchev–Trinajstić information content (AvgIpc) is 2.69. The van der Waals surface area contributed by atoms with E-state index in [-0.39, 0.29) is 0 Å². The zero-order valence-corrected chi connectivity index (χ0v) is 16.7. The third-order valence-corrected chi connectivity index (χ3v) is 5.53. The highest BCUT2D eigenvalue weighted by Gasteiger charge is 2.33. The van der Waals surface area contributed by atoms with Gasteiger partial charge in [-0.3, -0.25) is 4.79 Å². The molecule has 3 rings (SSSR count). The van der Waals surface area contributed by atoms with Crippen molar-refractivity contribution >= 4 is 18.9 Å². The van der Waals surface area contributed by atoms with Crippen LogP contribution in [0.15, 0.2) is 84.9 Å². The van der Waals surface area contributed by atoms with E-state index < -0.39 is 13.6 Å². The van der Waals surface area contributed by atoms with Gasteiger partial charge in [-0.15, -0.1) is 0 Å². The van der Waals surface area contributed by atoms with Crippen molar-refractivity contribution in [2.45, 2.75) is 20.3 Å². The van der Waals surface area contributed by atoms with Crippen LogP contribution in [0.3, 0.4) is 0 Å². The summed E-state index contributed by atoms with van der Waals surface area (Å²) in [6.07, 6.45) is 0.746. The molecule has 3 aromatic carbocycles. The van der Waals surface area contributed by atoms with Gasteiger partial charge in [0, 0.05) is 6.92 Å². The van der Waals surface area contributed by atoms with E-state index in [2.05, 4.69) is 0 Å². The van der Waals surface area contributed by atoms with E-state index in [9.17, 15) is 4.57 Å². The molecule has 0 aliphatic heterocycles. The minimum Gasteiger partial charge on any atom is -0.481 e. The molecule has 0 saturated heterocycles. The van der Waals surface area contributed by atoms with Gasteiger partial charge in [0.1, 0.15) is 11.5 Å². The highest BCUT2D eigenvalue weighted by atomic mass is 31.2. The third kappa shape index (κ3) is 6.29. The lowest BCUT2D eigenvalue weighted by atomic mass is 10.2. The molecule has 146 valence electrons. The van der Waals surface area contributed by atoms with E-state index in [0.29, 0.717) is 16.8 Å². The van der Waals surface area contributed by atoms with Crippen molar-refractivity contribution in [1.82, 2.24) is 0 Å². The minimum atomic E-state index is -3.57. The summed E-state index contributed by atoms with van der Waals surface area (Å²) in [7, 11) is -3.57. The molecule has 5 nitrogen and oxygen atoms in total. The van der Waals surface area contributed by atoms with Crippen molar-refractivity contribution in [2.24, 2.45) is 0 Å². The van der Waals surface area contributed by atoms with Gasteiger partial charge in [0.25, 0.3) is 5.97 Å². The summed E-state index contributed by atoms with van der Waals surface area (Å²) < 4.78 is 25.4. The van der Waals surface area contributed by atoms with Crippen molar-refractivity contribution in [3.63, 3.8) is 0 Å². The fourth-order valence-electron chi connectivity index (χ4n) is 2.43. The van der Waals surface area contributed by atoms with Crippen LogP contribution in [0.5, 0.6) is 11.5 Å². The van der Waals surface area contributed by atoms with Crippen LogP contribution in [0.25, 0.3) is 0 Å². The first-order chi connectivity index (χ1) is 13.4. The Bertz CT molecular complexity index is 876. The van der Waals surface area contributed by atoms with Crippen LogP contribution in [-0.2, 0) is 15.8 Å². The molecule has 0 aliphatic carbocycles. The maximum Gasteiger partial charge on any atom is 0.463 e. The summed E-state index contributed by atoms with van der Waals surface area (Å²) in [5, 5.41) is 8.01. The van der Waals surface area contributed by atoms with E-state index in [4.69, 9.17) is 18.9 Å². The minimum absolute atomic E-state index is 0.516. The molecule has 3 aromatic rings. The van der Waals surface area contributed by atoms with E-state index in [1.54, 1.807) is 24.3 Å². The molecule has 0 atom stereocenters. The van der Waals surface area contributed by atoms with Gasteiger partial charge in [-0.1, -0.05) is 61.5 Å². The van der Waals surface area contributed by atoms with Gasteiger partial charge in [-0.05, 0) is 42.3 Å². The normalized spacial score (nSPS) is 10.4. The molecule has 0 unspecified atom stereocenters. The SMILES string of the molecule is CC(=O)O.CCc1ccccc1P(=O)(Oc1ccccc1)Oc1ccccc1. The summed E-state index contributed by atoms with van der Waals surface area (Å²) in [6.45, 7) is 3.11. The molecule has 0 radical (unpaired) electrons. The van der Waals surface area contributed by atoms with Crippen molar-refractivity contribution < 1.29 is 23.5 Å². The number of benzene rings is 3. The molecule has 0 fully saturated rings. The van der Waals surface area contributed by atoms with Crippen molar-refractivity contribution in [3.05, 3.63) is 90.5 Å². The zero-order chi connectivity index (χ0) is 20.4. The van der Waals surface area contributed by atoms with Gasteiger partial charge in [0.05, 0.1) is 5.30 Å². The van der Waals surface area contributed by atoms with Crippen molar-refractivity contribution in [2.75, 3.05) is 0 Å². The highest BCUT2D eigenvalue weighted by Crippen LogP contribution is 2.48. The Balaban J connectivity index is 0.000000640. The molecule has 6 heteroatoms. The van der Waals surface area contributed by atoms with Crippen LogP contribution in [-0.4, -0.2) is 11.1 Å². The average molecular weight is 398 g/mol. The van der Waals surface area contributed by atoms with Gasteiger partial charge in [0.15, 0.2) is 0 Å². The largest absolute Gasteiger partial charge is 0.481 e. The zero-order valence-electron chi connectivity index (χ0n) is 15.8. The predicted octanol–water partition coefficient (Wildman–Crippen LogP) is 5.32.